The molecule has 2 heterocycles. The highest BCUT2D eigenvalue weighted by atomic mass is 16.2. The van der Waals surface area contributed by atoms with Gasteiger partial charge in [0.25, 0.3) is 5.91 Å². The molecule has 6 heteroatoms. The van der Waals surface area contributed by atoms with Gasteiger partial charge < -0.3 is 9.80 Å². The normalized spacial score (nSPS) is 11.2. The zero-order valence-electron chi connectivity index (χ0n) is 23.6. The van der Waals surface area contributed by atoms with Gasteiger partial charge in [0, 0.05) is 49.4 Å². The first-order valence-corrected chi connectivity index (χ1v) is 14.4. The smallest absolute Gasteiger partial charge is 0.254 e. The van der Waals surface area contributed by atoms with Crippen LogP contribution in [0.3, 0.4) is 0 Å². The summed E-state index contributed by atoms with van der Waals surface area (Å²) in [6.45, 7) is 11.0. The number of benzene rings is 1. The molecule has 0 saturated heterocycles. The molecule has 0 saturated carbocycles. The molecule has 3 aromatic rings. The summed E-state index contributed by atoms with van der Waals surface area (Å²) >= 11 is 0. The lowest BCUT2D eigenvalue weighted by Crippen LogP contribution is -2.39. The Hall–Kier alpha value is -3.12. The van der Waals surface area contributed by atoms with Gasteiger partial charge in [0.2, 0.25) is 0 Å². The number of hydrogen-bond donors (Lipinski definition) is 0. The minimum Gasteiger partial charge on any atom is -0.333 e. The molecule has 1 amide bonds. The Morgan fingerprint density at radius 2 is 1.37 bits per heavy atom. The Morgan fingerprint density at radius 3 is 1.97 bits per heavy atom. The molecule has 0 unspecified atom stereocenters. The molecule has 0 spiro atoms. The standard InChI is InChI=1S/C32H45N5O/c1-4-7-10-11-27-12-15-29(16-13-27)32(38)37(21-20-36(18-8-5-2)19-9-6-3)25-28-14-17-31(35-22-28)30-23-33-26-34-24-30/h12-17,22-24,26H,4-11,18-21,25H2,1-3H3. The summed E-state index contributed by atoms with van der Waals surface area (Å²) in [5.74, 6) is 0.0802. The number of rotatable bonds is 17. The number of hydrogen-bond acceptors (Lipinski definition) is 5. The summed E-state index contributed by atoms with van der Waals surface area (Å²) < 4.78 is 0. The zero-order valence-corrected chi connectivity index (χ0v) is 23.6. The van der Waals surface area contributed by atoms with Gasteiger partial charge >= 0.3 is 0 Å². The third-order valence-electron chi connectivity index (χ3n) is 6.95. The Bertz CT molecular complexity index is 1050. The summed E-state index contributed by atoms with van der Waals surface area (Å²) in [5.41, 5.74) is 4.79. The summed E-state index contributed by atoms with van der Waals surface area (Å²) in [7, 11) is 0. The Balaban J connectivity index is 1.74. The van der Waals surface area contributed by atoms with Gasteiger partial charge in [0.05, 0.1) is 5.69 Å². The molecule has 0 aliphatic rings. The van der Waals surface area contributed by atoms with Crippen LogP contribution in [0.4, 0.5) is 0 Å². The van der Waals surface area contributed by atoms with Gasteiger partial charge in [-0.1, -0.05) is 64.7 Å². The molecule has 2 aromatic heterocycles. The first kappa shape index (κ1) is 29.4. The van der Waals surface area contributed by atoms with E-state index in [1.807, 2.05) is 29.3 Å². The van der Waals surface area contributed by atoms with Crippen LogP contribution < -0.4 is 0 Å². The van der Waals surface area contributed by atoms with Gasteiger partial charge in [-0.25, -0.2) is 9.97 Å². The highest BCUT2D eigenvalue weighted by Crippen LogP contribution is 2.17. The molecular formula is C32H45N5O. The average Bonchev–Trinajstić information content (AvgIpc) is 2.97. The molecule has 0 atom stereocenters. The van der Waals surface area contributed by atoms with E-state index in [9.17, 15) is 4.79 Å². The van der Waals surface area contributed by atoms with Crippen LogP contribution in [0, 0.1) is 0 Å². The molecule has 38 heavy (non-hydrogen) atoms. The molecule has 204 valence electrons. The summed E-state index contributed by atoms with van der Waals surface area (Å²) in [6.07, 6.45) is 16.4. The fraction of sp³-hybridized carbons (Fsp3) is 0.500. The van der Waals surface area contributed by atoms with E-state index in [0.717, 1.165) is 48.4 Å². The average molecular weight is 516 g/mol. The SMILES string of the molecule is CCCCCc1ccc(C(=O)N(CCN(CCCC)CCCC)Cc2ccc(-c3cncnc3)nc2)cc1. The number of nitrogens with zero attached hydrogens (tertiary/aromatic N) is 5. The number of aryl methyl sites for hydroxylation is 1. The number of carbonyl (C=O) groups is 1. The lowest BCUT2D eigenvalue weighted by molar-refractivity contribution is 0.0720. The van der Waals surface area contributed by atoms with E-state index in [2.05, 4.69) is 58.8 Å². The summed E-state index contributed by atoms with van der Waals surface area (Å²) in [5, 5.41) is 0. The molecule has 3 rings (SSSR count). The topological polar surface area (TPSA) is 62.2 Å². The van der Waals surface area contributed by atoms with Gasteiger partial charge in [0.15, 0.2) is 0 Å². The fourth-order valence-electron chi connectivity index (χ4n) is 4.53. The van der Waals surface area contributed by atoms with Crippen molar-refractivity contribution in [2.45, 2.75) is 78.7 Å². The molecule has 0 fully saturated rings. The van der Waals surface area contributed by atoms with Crippen molar-refractivity contribution >= 4 is 5.91 Å². The Morgan fingerprint density at radius 1 is 0.711 bits per heavy atom. The fourth-order valence-corrected chi connectivity index (χ4v) is 4.53. The minimum absolute atomic E-state index is 0.0802. The molecule has 0 radical (unpaired) electrons. The maximum atomic E-state index is 13.7. The van der Waals surface area contributed by atoms with Gasteiger partial charge in [-0.15, -0.1) is 0 Å². The van der Waals surface area contributed by atoms with Crippen molar-refractivity contribution in [3.05, 3.63) is 78.0 Å². The Labute approximate surface area is 229 Å². The maximum Gasteiger partial charge on any atom is 0.254 e. The second kappa shape index (κ2) is 16.7. The van der Waals surface area contributed by atoms with E-state index in [4.69, 9.17) is 0 Å². The van der Waals surface area contributed by atoms with E-state index in [0.29, 0.717) is 13.1 Å². The van der Waals surface area contributed by atoms with E-state index >= 15 is 0 Å². The highest BCUT2D eigenvalue weighted by molar-refractivity contribution is 5.94. The number of aromatic nitrogens is 3. The Kier molecular flexibility index (Phi) is 12.9. The van der Waals surface area contributed by atoms with Crippen LogP contribution in [-0.4, -0.2) is 56.8 Å². The van der Waals surface area contributed by atoms with E-state index < -0.39 is 0 Å². The van der Waals surface area contributed by atoms with Crippen LogP contribution in [-0.2, 0) is 13.0 Å². The van der Waals surface area contributed by atoms with Crippen LogP contribution in [0.2, 0.25) is 0 Å². The van der Waals surface area contributed by atoms with Crippen molar-refractivity contribution in [3.63, 3.8) is 0 Å². The minimum atomic E-state index is 0.0802. The second-order valence-electron chi connectivity index (χ2n) is 10.1. The van der Waals surface area contributed by atoms with Crippen LogP contribution in [0.5, 0.6) is 0 Å². The predicted octanol–water partition coefficient (Wildman–Crippen LogP) is 6.82. The lowest BCUT2D eigenvalue weighted by atomic mass is 10.0. The molecule has 1 aromatic carbocycles. The molecular weight excluding hydrogens is 470 g/mol. The second-order valence-corrected chi connectivity index (χ2v) is 10.1. The number of unbranched alkanes of at least 4 members (excludes halogenated alkanes) is 4. The van der Waals surface area contributed by atoms with Crippen LogP contribution in [0.1, 0.15) is 87.2 Å². The van der Waals surface area contributed by atoms with Crippen LogP contribution >= 0.6 is 0 Å². The van der Waals surface area contributed by atoms with E-state index in [1.54, 1.807) is 12.4 Å². The maximum absolute atomic E-state index is 13.7. The first-order chi connectivity index (χ1) is 18.6. The van der Waals surface area contributed by atoms with Gasteiger partial charge in [-0.2, -0.15) is 0 Å². The van der Waals surface area contributed by atoms with Crippen LogP contribution in [0.15, 0.2) is 61.3 Å². The molecule has 0 aliphatic carbocycles. The van der Waals surface area contributed by atoms with E-state index in [1.165, 1.54) is 56.8 Å². The lowest BCUT2D eigenvalue weighted by Gasteiger charge is -2.28. The van der Waals surface area contributed by atoms with Gasteiger partial charge in [0.1, 0.15) is 6.33 Å². The van der Waals surface area contributed by atoms with Gasteiger partial charge in [-0.3, -0.25) is 9.78 Å². The largest absolute Gasteiger partial charge is 0.333 e. The van der Waals surface area contributed by atoms with Crippen molar-refractivity contribution < 1.29 is 4.79 Å². The molecule has 6 nitrogen and oxygen atoms in total. The van der Waals surface area contributed by atoms with Gasteiger partial charge in [-0.05, 0) is 68.1 Å². The first-order valence-electron chi connectivity index (χ1n) is 14.4. The molecule has 0 bridgehead atoms. The third-order valence-corrected chi connectivity index (χ3v) is 6.95. The van der Waals surface area contributed by atoms with Crippen LogP contribution in [0.25, 0.3) is 11.3 Å². The van der Waals surface area contributed by atoms with E-state index in [-0.39, 0.29) is 5.91 Å². The monoisotopic (exact) mass is 515 g/mol. The van der Waals surface area contributed by atoms with Crippen molar-refractivity contribution in [1.82, 2.24) is 24.8 Å². The number of carbonyl (C=O) groups excluding carboxylic acids is 1. The van der Waals surface area contributed by atoms with Crippen molar-refractivity contribution in [2.24, 2.45) is 0 Å². The number of amides is 1. The summed E-state index contributed by atoms with van der Waals surface area (Å²) in [4.78, 5) is 31.0. The quantitative estimate of drug-likeness (QED) is 0.185. The third kappa shape index (κ3) is 9.64. The summed E-state index contributed by atoms with van der Waals surface area (Å²) in [6, 6.07) is 12.3. The van der Waals surface area contributed by atoms with Crippen molar-refractivity contribution in [1.29, 1.82) is 0 Å². The highest BCUT2D eigenvalue weighted by Gasteiger charge is 2.18. The zero-order chi connectivity index (χ0) is 27.0. The number of pyridine rings is 1. The van der Waals surface area contributed by atoms with Crippen molar-refractivity contribution in [2.75, 3.05) is 26.2 Å². The van der Waals surface area contributed by atoms with Crippen molar-refractivity contribution in [3.8, 4) is 11.3 Å². The molecule has 0 N–H and O–H groups in total. The molecule has 0 aliphatic heterocycles. The predicted molar refractivity (Wildman–Crippen MR) is 156 cm³/mol.